The molecule has 4 aliphatic carbocycles. The molecule has 4 saturated carbocycles. The number of nitrogens with zero attached hydrogens (tertiary/aromatic N) is 1. The second-order valence-electron chi connectivity index (χ2n) is 7.40. The topological polar surface area (TPSA) is 52.3 Å². The molecule has 1 aromatic rings. The van der Waals surface area contributed by atoms with Crippen LogP contribution in [0.2, 0.25) is 0 Å². The molecule has 5 heteroatoms. The van der Waals surface area contributed by atoms with E-state index in [4.69, 9.17) is 20.9 Å². The van der Waals surface area contributed by atoms with Crippen LogP contribution in [0.15, 0.2) is 10.6 Å². The zero-order valence-corrected chi connectivity index (χ0v) is 13.0. The first-order valence-electron chi connectivity index (χ1n) is 7.75. The molecule has 114 valence electrons. The molecule has 4 fully saturated rings. The average molecular weight is 310 g/mol. The van der Waals surface area contributed by atoms with Gasteiger partial charge in [0.1, 0.15) is 18.1 Å². The van der Waals surface area contributed by atoms with E-state index in [1.807, 2.05) is 6.92 Å². The fourth-order valence-corrected chi connectivity index (χ4v) is 5.86. The Labute approximate surface area is 129 Å². The molecule has 0 radical (unpaired) electrons. The minimum Gasteiger partial charge on any atom is -0.459 e. The minimum atomic E-state index is -0.343. The van der Waals surface area contributed by atoms with Crippen molar-refractivity contribution in [2.24, 2.45) is 17.3 Å². The van der Waals surface area contributed by atoms with E-state index in [-0.39, 0.29) is 22.9 Å². The molecule has 4 bridgehead atoms. The van der Waals surface area contributed by atoms with Crippen molar-refractivity contribution in [3.8, 4) is 0 Å². The van der Waals surface area contributed by atoms with Crippen LogP contribution in [0.3, 0.4) is 0 Å². The van der Waals surface area contributed by atoms with Crippen LogP contribution in [-0.2, 0) is 16.1 Å². The van der Waals surface area contributed by atoms with Crippen molar-refractivity contribution in [1.82, 2.24) is 5.16 Å². The van der Waals surface area contributed by atoms with Crippen molar-refractivity contribution in [1.29, 1.82) is 0 Å². The van der Waals surface area contributed by atoms with Gasteiger partial charge in [0.2, 0.25) is 0 Å². The van der Waals surface area contributed by atoms with E-state index < -0.39 is 0 Å². The number of aryl methyl sites for hydroxylation is 1. The van der Waals surface area contributed by atoms with Crippen molar-refractivity contribution in [2.45, 2.75) is 56.9 Å². The van der Waals surface area contributed by atoms with Crippen molar-refractivity contribution in [3.05, 3.63) is 17.5 Å². The van der Waals surface area contributed by atoms with Crippen LogP contribution in [0, 0.1) is 24.2 Å². The van der Waals surface area contributed by atoms with E-state index in [0.29, 0.717) is 17.5 Å². The van der Waals surface area contributed by atoms with Gasteiger partial charge in [-0.15, -0.1) is 11.6 Å². The zero-order chi connectivity index (χ0) is 14.7. The predicted molar refractivity (Wildman–Crippen MR) is 76.7 cm³/mol. The number of hydrogen-bond acceptors (Lipinski definition) is 4. The molecule has 0 aromatic carbocycles. The summed E-state index contributed by atoms with van der Waals surface area (Å²) in [6, 6.07) is 1.80. The van der Waals surface area contributed by atoms with Gasteiger partial charge in [-0.3, -0.25) is 4.79 Å². The second kappa shape index (κ2) is 4.48. The summed E-state index contributed by atoms with van der Waals surface area (Å²) in [5.74, 6) is 1.86. The molecule has 0 spiro atoms. The maximum Gasteiger partial charge on any atom is 0.312 e. The van der Waals surface area contributed by atoms with E-state index >= 15 is 0 Å². The summed E-state index contributed by atoms with van der Waals surface area (Å²) in [6.07, 6.45) is 6.08. The first-order valence-corrected chi connectivity index (χ1v) is 8.13. The summed E-state index contributed by atoms with van der Waals surface area (Å²) < 4.78 is 10.6. The van der Waals surface area contributed by atoms with Crippen LogP contribution < -0.4 is 0 Å². The number of rotatable bonds is 3. The van der Waals surface area contributed by atoms with Gasteiger partial charge in [0.25, 0.3) is 0 Å². The highest BCUT2D eigenvalue weighted by Crippen LogP contribution is 2.64. The molecule has 1 aromatic heterocycles. The summed E-state index contributed by atoms with van der Waals surface area (Å²) in [4.78, 5) is 12.5. The van der Waals surface area contributed by atoms with Gasteiger partial charge in [0.15, 0.2) is 0 Å². The Balaban J connectivity index is 1.49. The van der Waals surface area contributed by atoms with E-state index in [0.717, 1.165) is 37.9 Å². The summed E-state index contributed by atoms with van der Waals surface area (Å²) in [5.41, 5.74) is 0.330. The molecule has 0 unspecified atom stereocenters. The largest absolute Gasteiger partial charge is 0.459 e. The average Bonchev–Trinajstić information content (AvgIpc) is 2.79. The van der Waals surface area contributed by atoms with Gasteiger partial charge in [-0.25, -0.2) is 0 Å². The van der Waals surface area contributed by atoms with Crippen LogP contribution in [0.4, 0.5) is 0 Å². The Morgan fingerprint density at radius 3 is 2.71 bits per heavy atom. The molecule has 1 heterocycles. The van der Waals surface area contributed by atoms with Crippen LogP contribution in [0.25, 0.3) is 0 Å². The Hall–Kier alpha value is -1.03. The third-order valence-electron chi connectivity index (χ3n) is 5.45. The summed E-state index contributed by atoms with van der Waals surface area (Å²) in [5, 5.41) is 3.87. The van der Waals surface area contributed by atoms with Gasteiger partial charge in [0, 0.05) is 10.9 Å². The lowest BCUT2D eigenvalue weighted by Gasteiger charge is -2.58. The number of carbonyl (C=O) groups excluding carboxylic acids is 1. The number of halogens is 1. The van der Waals surface area contributed by atoms with Gasteiger partial charge in [-0.2, -0.15) is 0 Å². The Morgan fingerprint density at radius 2 is 2.14 bits per heavy atom. The maximum absolute atomic E-state index is 12.7. The lowest BCUT2D eigenvalue weighted by Crippen LogP contribution is -2.56. The molecule has 0 N–H and O–H groups in total. The molecule has 0 amide bonds. The fourth-order valence-electron chi connectivity index (χ4n) is 5.17. The Morgan fingerprint density at radius 1 is 1.43 bits per heavy atom. The van der Waals surface area contributed by atoms with Crippen molar-refractivity contribution >= 4 is 17.6 Å². The number of carbonyl (C=O) groups is 1. The first-order chi connectivity index (χ1) is 9.96. The van der Waals surface area contributed by atoms with Crippen LogP contribution in [0.5, 0.6) is 0 Å². The van der Waals surface area contributed by atoms with E-state index in [9.17, 15) is 4.79 Å². The fraction of sp³-hybridized carbons (Fsp3) is 0.750. The summed E-state index contributed by atoms with van der Waals surface area (Å²) in [6.45, 7) is 2.02. The molecule has 0 aliphatic heterocycles. The highest BCUT2D eigenvalue weighted by Gasteiger charge is 2.60. The third kappa shape index (κ3) is 2.28. The molecular weight excluding hydrogens is 290 g/mol. The summed E-state index contributed by atoms with van der Waals surface area (Å²) in [7, 11) is 0. The molecule has 5 rings (SSSR count). The highest BCUT2D eigenvalue weighted by molar-refractivity contribution is 6.24. The van der Waals surface area contributed by atoms with Gasteiger partial charge in [-0.05, 0) is 57.3 Å². The Bertz CT molecular complexity index is 568. The first kappa shape index (κ1) is 13.6. The van der Waals surface area contributed by atoms with E-state index in [2.05, 4.69) is 5.16 Å². The molecule has 0 saturated heterocycles. The number of aromatic nitrogens is 1. The molecule has 4 nitrogen and oxygen atoms in total. The minimum absolute atomic E-state index is 0.0812. The molecule has 4 aliphatic rings. The quantitative estimate of drug-likeness (QED) is 0.632. The van der Waals surface area contributed by atoms with Crippen LogP contribution in [-0.4, -0.2) is 16.0 Å². The molecule has 21 heavy (non-hydrogen) atoms. The number of esters is 1. The van der Waals surface area contributed by atoms with Gasteiger partial charge in [-0.1, -0.05) is 5.16 Å². The molecular formula is C16H20ClNO3. The molecule has 2 atom stereocenters. The van der Waals surface area contributed by atoms with Crippen molar-refractivity contribution in [2.75, 3.05) is 0 Å². The SMILES string of the molecule is Cc1cc(COC(=O)C23C[C@H]4C[C@@H](CC(Cl)(C4)C2)C3)no1. The number of hydrogen-bond donors (Lipinski definition) is 0. The lowest BCUT2D eigenvalue weighted by molar-refractivity contribution is -0.171. The maximum atomic E-state index is 12.7. The monoisotopic (exact) mass is 309 g/mol. The van der Waals surface area contributed by atoms with Gasteiger partial charge < -0.3 is 9.26 Å². The van der Waals surface area contributed by atoms with Crippen LogP contribution >= 0.6 is 11.6 Å². The highest BCUT2D eigenvalue weighted by atomic mass is 35.5. The lowest BCUT2D eigenvalue weighted by atomic mass is 9.49. The smallest absolute Gasteiger partial charge is 0.312 e. The van der Waals surface area contributed by atoms with Crippen LogP contribution in [0.1, 0.15) is 50.0 Å². The van der Waals surface area contributed by atoms with Crippen molar-refractivity contribution in [3.63, 3.8) is 0 Å². The third-order valence-corrected chi connectivity index (χ3v) is 5.89. The standard InChI is InChI=1S/C16H20ClNO3/c1-10-2-13(18-21-10)8-20-14(19)15-4-11-3-12(5-15)7-16(17,6-11)9-15/h2,11-12H,3-9H2,1H3/t11-,12-,15?,16?/m1/s1. The Kier molecular flexibility index (Phi) is 2.91. The zero-order valence-electron chi connectivity index (χ0n) is 12.2. The second-order valence-corrected chi connectivity index (χ2v) is 8.20. The summed E-state index contributed by atoms with van der Waals surface area (Å²) >= 11 is 6.75. The van der Waals surface area contributed by atoms with Gasteiger partial charge >= 0.3 is 5.97 Å². The van der Waals surface area contributed by atoms with E-state index in [1.54, 1.807) is 6.07 Å². The van der Waals surface area contributed by atoms with E-state index in [1.165, 1.54) is 6.42 Å². The predicted octanol–water partition coefficient (Wildman–Crippen LogP) is 3.60. The number of ether oxygens (including phenoxy) is 1. The van der Waals surface area contributed by atoms with Crippen molar-refractivity contribution < 1.29 is 14.1 Å². The number of alkyl halides is 1. The normalized spacial score (nSPS) is 40.5. The van der Waals surface area contributed by atoms with Gasteiger partial charge in [0.05, 0.1) is 5.41 Å².